The van der Waals surface area contributed by atoms with Gasteiger partial charge < -0.3 is 9.84 Å². The average molecular weight is 593 g/mol. The molecule has 6 aliphatic rings. The molecule has 0 aliphatic heterocycles. The van der Waals surface area contributed by atoms with E-state index < -0.39 is 0 Å². The maximum Gasteiger partial charge on any atom is 0.310 e. The Labute approximate surface area is 264 Å². The van der Waals surface area contributed by atoms with Crippen LogP contribution in [-0.2, 0) is 9.53 Å². The summed E-state index contributed by atoms with van der Waals surface area (Å²) < 4.78 is 6.43. The number of hydrogen-bond donors (Lipinski definition) is 1. The molecule has 242 valence electrons. The highest BCUT2D eigenvalue weighted by molar-refractivity contribution is 5.78. The van der Waals surface area contributed by atoms with Crippen LogP contribution in [0.2, 0.25) is 0 Å². The van der Waals surface area contributed by atoms with Gasteiger partial charge in [0.25, 0.3) is 0 Å². The smallest absolute Gasteiger partial charge is 0.310 e. The predicted octanol–water partition coefficient (Wildman–Crippen LogP) is 9.79. The summed E-state index contributed by atoms with van der Waals surface area (Å²) in [4.78, 5) is 13.6. The lowest BCUT2D eigenvalue weighted by atomic mass is 9.32. The van der Waals surface area contributed by atoms with Gasteiger partial charge in [-0.25, -0.2) is 0 Å². The van der Waals surface area contributed by atoms with E-state index in [4.69, 9.17) is 4.74 Å². The van der Waals surface area contributed by atoms with Gasteiger partial charge in [-0.15, -0.1) is 0 Å². The molecule has 3 nitrogen and oxygen atoms in total. The molecule has 0 amide bonds. The summed E-state index contributed by atoms with van der Waals surface area (Å²) in [7, 11) is 0. The Morgan fingerprint density at radius 2 is 1.51 bits per heavy atom. The molecule has 6 aliphatic carbocycles. The van der Waals surface area contributed by atoms with E-state index in [2.05, 4.69) is 81.9 Å². The molecule has 0 aromatic heterocycles. The second-order valence-corrected chi connectivity index (χ2v) is 19.1. The molecule has 12 atom stereocenters. The zero-order valence-electron chi connectivity index (χ0n) is 29.4. The minimum Gasteiger partial charge on any atom is -0.465 e. The molecule has 0 radical (unpaired) electrons. The predicted molar refractivity (Wildman–Crippen MR) is 176 cm³/mol. The summed E-state index contributed by atoms with van der Waals surface area (Å²) >= 11 is 0. The summed E-state index contributed by atoms with van der Waals surface area (Å²) in [5, 5.41) is 11.1. The summed E-state index contributed by atoms with van der Waals surface area (Å²) in [6, 6.07) is 0. The van der Waals surface area contributed by atoms with Crippen LogP contribution in [0.4, 0.5) is 0 Å². The molecule has 1 N–H and O–H groups in total. The molecular weight excluding hydrogens is 528 g/mol. The van der Waals surface area contributed by atoms with Gasteiger partial charge in [0.1, 0.15) is 0 Å². The monoisotopic (exact) mass is 592 g/mol. The molecule has 0 aromatic carbocycles. The highest BCUT2D eigenvalue weighted by atomic mass is 16.5. The summed E-state index contributed by atoms with van der Waals surface area (Å²) in [6.45, 7) is 28.9. The van der Waals surface area contributed by atoms with Gasteiger partial charge in [0.05, 0.1) is 18.6 Å². The van der Waals surface area contributed by atoms with Crippen molar-refractivity contribution in [3.05, 3.63) is 23.8 Å². The van der Waals surface area contributed by atoms with E-state index in [0.717, 1.165) is 6.42 Å². The van der Waals surface area contributed by atoms with Crippen LogP contribution in [0.15, 0.2) is 23.8 Å². The Morgan fingerprint density at radius 1 is 0.814 bits per heavy atom. The maximum absolute atomic E-state index is 13.6. The molecule has 6 fully saturated rings. The minimum absolute atomic E-state index is 0.00186. The van der Waals surface area contributed by atoms with Gasteiger partial charge >= 0.3 is 5.97 Å². The lowest BCUT2D eigenvalue weighted by Crippen LogP contribution is -2.66. The third-order valence-electron chi connectivity index (χ3n) is 16.4. The molecule has 6 saturated carbocycles. The minimum atomic E-state index is -0.173. The van der Waals surface area contributed by atoms with E-state index in [0.29, 0.717) is 52.9 Å². The fourth-order valence-electron chi connectivity index (χ4n) is 13.6. The molecule has 6 rings (SSSR count). The third kappa shape index (κ3) is 4.31. The first-order chi connectivity index (χ1) is 19.9. The quantitative estimate of drug-likeness (QED) is 0.255. The lowest BCUT2D eigenvalue weighted by Gasteiger charge is -2.73. The first kappa shape index (κ1) is 31.9. The van der Waals surface area contributed by atoms with E-state index >= 15 is 0 Å². The lowest BCUT2D eigenvalue weighted by molar-refractivity contribution is -0.250. The number of allylic oxidation sites excluding steroid dienone is 3. The molecule has 0 heterocycles. The number of carbonyl (C=O) groups is 1. The molecule has 0 bridgehead atoms. The van der Waals surface area contributed by atoms with E-state index in [1.54, 1.807) is 0 Å². The first-order valence-corrected chi connectivity index (χ1v) is 18.0. The van der Waals surface area contributed by atoms with E-state index in [1.807, 2.05) is 0 Å². The van der Waals surface area contributed by atoms with Crippen molar-refractivity contribution < 1.29 is 14.6 Å². The summed E-state index contributed by atoms with van der Waals surface area (Å²) in [6.07, 6.45) is 14.2. The average Bonchev–Trinajstić information content (AvgIpc) is 3.24. The molecule has 6 unspecified atom stereocenters. The molecule has 0 saturated heterocycles. The summed E-state index contributed by atoms with van der Waals surface area (Å²) in [5.41, 5.74) is 3.62. The Balaban J connectivity index is 1.28. The van der Waals surface area contributed by atoms with Crippen LogP contribution in [0.3, 0.4) is 0 Å². The normalized spacial score (nSPS) is 50.8. The van der Waals surface area contributed by atoms with Crippen molar-refractivity contribution in [2.24, 2.45) is 73.9 Å². The van der Waals surface area contributed by atoms with Crippen LogP contribution < -0.4 is 0 Å². The maximum atomic E-state index is 13.6. The number of aliphatic hydroxyl groups is 1. The van der Waals surface area contributed by atoms with Crippen molar-refractivity contribution in [3.63, 3.8) is 0 Å². The summed E-state index contributed by atoms with van der Waals surface area (Å²) in [5.74, 6) is 3.40. The number of fused-ring (bicyclic) bond motifs is 7. The number of hydrogen-bond acceptors (Lipinski definition) is 3. The highest BCUT2D eigenvalue weighted by Crippen LogP contribution is 2.77. The topological polar surface area (TPSA) is 46.5 Å². The van der Waals surface area contributed by atoms with Crippen LogP contribution in [0.5, 0.6) is 0 Å². The number of carbonyl (C=O) groups excluding carboxylic acids is 1. The molecule has 43 heavy (non-hydrogen) atoms. The molecule has 0 spiro atoms. The van der Waals surface area contributed by atoms with Gasteiger partial charge in [-0.1, -0.05) is 72.3 Å². The SMILES string of the molecule is C=C(C)[C@@H]1CC[C@]2(COC(=O)C3C(C=C(C)C)C3(C)C)CC[C@]3(C)C(CCC4[C@@]5(C)CC[C@H](O)C(C)(C)C5CC[C@]43C)C12. The Morgan fingerprint density at radius 3 is 2.16 bits per heavy atom. The first-order valence-electron chi connectivity index (χ1n) is 18.0. The largest absolute Gasteiger partial charge is 0.465 e. The number of rotatable bonds is 5. The van der Waals surface area contributed by atoms with Crippen LogP contribution in [0.25, 0.3) is 0 Å². The van der Waals surface area contributed by atoms with Crippen molar-refractivity contribution in [1.29, 1.82) is 0 Å². The van der Waals surface area contributed by atoms with Crippen LogP contribution in [0, 0.1) is 73.9 Å². The van der Waals surface area contributed by atoms with Crippen molar-refractivity contribution in [3.8, 4) is 0 Å². The van der Waals surface area contributed by atoms with Crippen molar-refractivity contribution >= 4 is 5.97 Å². The van der Waals surface area contributed by atoms with Crippen molar-refractivity contribution in [1.82, 2.24) is 0 Å². The zero-order valence-corrected chi connectivity index (χ0v) is 29.4. The van der Waals surface area contributed by atoms with Gasteiger partial charge in [0.2, 0.25) is 0 Å². The second kappa shape index (κ2) is 9.95. The van der Waals surface area contributed by atoms with E-state index in [9.17, 15) is 9.90 Å². The number of ether oxygens (including phenoxy) is 1. The van der Waals surface area contributed by atoms with Gasteiger partial charge in [0.15, 0.2) is 0 Å². The molecule has 0 aromatic rings. The van der Waals surface area contributed by atoms with Crippen molar-refractivity contribution in [2.45, 2.75) is 140 Å². The van der Waals surface area contributed by atoms with E-state index in [-0.39, 0.29) is 39.7 Å². The molecular formula is C40H64O3. The molecule has 3 heteroatoms. The van der Waals surface area contributed by atoms with Crippen LogP contribution >= 0.6 is 0 Å². The van der Waals surface area contributed by atoms with Crippen LogP contribution in [0.1, 0.15) is 133 Å². The standard InChI is InChI=1S/C40H64O3/c1-24(2)22-28-33(35(28,5)6)34(42)43-23-40-19-14-26(25(3)4)32(40)27-12-13-30-37(9)17-16-31(41)36(7,8)29(37)15-18-39(30,11)38(27,10)20-21-40/h22,26-33,41H,3,12-21,23H2,1-2,4-11H3/t26-,27?,28?,29?,30?,31-,32?,33?,37-,38+,39+,40+/m0/s1. The highest BCUT2D eigenvalue weighted by Gasteiger charge is 2.71. The Kier molecular flexibility index (Phi) is 7.38. The Hall–Kier alpha value is -1.09. The van der Waals surface area contributed by atoms with Gasteiger partial charge in [-0.3, -0.25) is 4.79 Å². The fourth-order valence-corrected chi connectivity index (χ4v) is 13.6. The van der Waals surface area contributed by atoms with Gasteiger partial charge in [0, 0.05) is 5.41 Å². The number of aliphatic hydroxyl groups excluding tert-OH is 1. The second-order valence-electron chi connectivity index (χ2n) is 19.1. The van der Waals surface area contributed by atoms with Crippen LogP contribution in [-0.4, -0.2) is 23.8 Å². The van der Waals surface area contributed by atoms with Crippen molar-refractivity contribution in [2.75, 3.05) is 6.61 Å². The fraction of sp³-hybridized carbons (Fsp3) is 0.875. The van der Waals surface area contributed by atoms with Gasteiger partial charge in [-0.2, -0.15) is 0 Å². The van der Waals surface area contributed by atoms with E-state index in [1.165, 1.54) is 68.9 Å². The number of esters is 1. The Bertz CT molecular complexity index is 1190. The third-order valence-corrected chi connectivity index (χ3v) is 16.4. The zero-order chi connectivity index (χ0) is 31.5. The van der Waals surface area contributed by atoms with Gasteiger partial charge in [-0.05, 0) is 148 Å².